The lowest BCUT2D eigenvalue weighted by Gasteiger charge is -2.54. The normalized spacial score (nSPS) is 34.7. The molecule has 138 valence electrons. The van der Waals surface area contributed by atoms with Crippen LogP contribution in [0.15, 0.2) is 29.2 Å². The Morgan fingerprint density at radius 3 is 2.50 bits per heavy atom. The molecule has 5 aliphatic rings. The number of fused-ring (bicyclic) bond motifs is 1. The Hall–Kier alpha value is -1.49. The number of hydrogen-bond acceptors (Lipinski definition) is 3. The third-order valence-electron chi connectivity index (χ3n) is 6.93. The fourth-order valence-corrected chi connectivity index (χ4v) is 6.97. The molecule has 4 nitrogen and oxygen atoms in total. The molecule has 26 heavy (non-hydrogen) atoms. The summed E-state index contributed by atoms with van der Waals surface area (Å²) in [5, 5.41) is 3.36. The highest BCUT2D eigenvalue weighted by Gasteiger charge is 2.48. The number of para-hydroxylation sites is 1. The van der Waals surface area contributed by atoms with Crippen molar-refractivity contribution in [2.24, 2.45) is 23.7 Å². The first-order valence-corrected chi connectivity index (χ1v) is 11.0. The van der Waals surface area contributed by atoms with Gasteiger partial charge < -0.3 is 10.2 Å². The van der Waals surface area contributed by atoms with E-state index in [2.05, 4.69) is 5.32 Å². The van der Waals surface area contributed by atoms with Crippen molar-refractivity contribution in [2.75, 3.05) is 17.2 Å². The van der Waals surface area contributed by atoms with Crippen LogP contribution in [0.4, 0.5) is 5.69 Å². The number of carbonyl (C=O) groups is 2. The molecule has 1 N–H and O–H groups in total. The molecule has 0 aromatic heterocycles. The van der Waals surface area contributed by atoms with Crippen molar-refractivity contribution in [3.63, 3.8) is 0 Å². The van der Waals surface area contributed by atoms with Crippen LogP contribution >= 0.6 is 11.8 Å². The third kappa shape index (κ3) is 2.94. The fraction of sp³-hybridized carbons (Fsp3) is 0.619. The number of anilines is 1. The number of amides is 2. The number of rotatable bonds is 4. The van der Waals surface area contributed by atoms with Crippen molar-refractivity contribution in [1.82, 2.24) is 5.32 Å². The third-order valence-corrected chi connectivity index (χ3v) is 7.97. The predicted molar refractivity (Wildman–Crippen MR) is 103 cm³/mol. The number of carbonyl (C=O) groups excluding carboxylic acids is 2. The van der Waals surface area contributed by atoms with Crippen LogP contribution in [0.5, 0.6) is 0 Å². The van der Waals surface area contributed by atoms with Crippen LogP contribution in [-0.2, 0) is 9.59 Å². The van der Waals surface area contributed by atoms with E-state index in [1.807, 2.05) is 24.3 Å². The van der Waals surface area contributed by atoms with Gasteiger partial charge in [-0.2, -0.15) is 0 Å². The van der Waals surface area contributed by atoms with Crippen molar-refractivity contribution in [1.29, 1.82) is 0 Å². The maximum atomic E-state index is 12.6. The minimum absolute atomic E-state index is 0.108. The van der Waals surface area contributed by atoms with Gasteiger partial charge in [-0.25, -0.2) is 0 Å². The van der Waals surface area contributed by atoms with E-state index in [1.165, 1.54) is 32.1 Å². The Labute approximate surface area is 159 Å². The van der Waals surface area contributed by atoms with E-state index in [0.29, 0.717) is 36.6 Å². The van der Waals surface area contributed by atoms with Gasteiger partial charge in [-0.15, -0.1) is 11.8 Å². The Kier molecular flexibility index (Phi) is 4.23. The first-order valence-electron chi connectivity index (χ1n) is 9.99. The van der Waals surface area contributed by atoms with Crippen molar-refractivity contribution in [3.05, 3.63) is 24.3 Å². The van der Waals surface area contributed by atoms with Crippen molar-refractivity contribution < 1.29 is 9.59 Å². The van der Waals surface area contributed by atoms with Crippen LogP contribution in [0.25, 0.3) is 0 Å². The minimum atomic E-state index is 0.108. The van der Waals surface area contributed by atoms with E-state index in [0.717, 1.165) is 22.4 Å². The smallest absolute Gasteiger partial charge is 0.237 e. The van der Waals surface area contributed by atoms with E-state index < -0.39 is 0 Å². The first kappa shape index (κ1) is 16.7. The number of benzene rings is 1. The van der Waals surface area contributed by atoms with E-state index >= 15 is 0 Å². The molecule has 5 heteroatoms. The van der Waals surface area contributed by atoms with Gasteiger partial charge in [0.2, 0.25) is 11.8 Å². The average Bonchev–Trinajstić information content (AvgIpc) is 2.63. The summed E-state index contributed by atoms with van der Waals surface area (Å²) >= 11 is 1.59. The Bertz CT molecular complexity index is 706. The molecular weight excluding hydrogens is 344 g/mol. The van der Waals surface area contributed by atoms with Gasteiger partial charge >= 0.3 is 0 Å². The van der Waals surface area contributed by atoms with Gasteiger partial charge in [-0.3, -0.25) is 9.59 Å². The molecule has 1 heterocycles. The molecule has 1 aromatic carbocycles. The van der Waals surface area contributed by atoms with E-state index in [1.54, 1.807) is 16.7 Å². The van der Waals surface area contributed by atoms with Gasteiger partial charge in [0, 0.05) is 23.9 Å². The number of thioether (sulfide) groups is 1. The van der Waals surface area contributed by atoms with Crippen molar-refractivity contribution in [3.8, 4) is 0 Å². The zero-order valence-electron chi connectivity index (χ0n) is 15.0. The molecule has 0 atom stereocenters. The van der Waals surface area contributed by atoms with E-state index in [4.69, 9.17) is 0 Å². The highest BCUT2D eigenvalue weighted by molar-refractivity contribution is 8.00. The highest BCUT2D eigenvalue weighted by Crippen LogP contribution is 2.53. The maximum absolute atomic E-state index is 12.6. The summed E-state index contributed by atoms with van der Waals surface area (Å²) in [6.45, 7) is 0.482. The molecular formula is C21H26N2O2S. The van der Waals surface area contributed by atoms with Crippen LogP contribution in [0, 0.1) is 23.7 Å². The number of hydrogen-bond donors (Lipinski definition) is 1. The molecule has 4 saturated carbocycles. The topological polar surface area (TPSA) is 49.4 Å². The second kappa shape index (κ2) is 6.59. The largest absolute Gasteiger partial charge is 0.353 e. The first-order chi connectivity index (χ1) is 12.7. The summed E-state index contributed by atoms with van der Waals surface area (Å²) in [6, 6.07) is 8.37. The zero-order chi connectivity index (χ0) is 17.7. The fourth-order valence-electron chi connectivity index (χ4n) is 6.03. The monoisotopic (exact) mass is 370 g/mol. The maximum Gasteiger partial charge on any atom is 0.237 e. The Morgan fingerprint density at radius 2 is 1.77 bits per heavy atom. The van der Waals surface area contributed by atoms with Crippen LogP contribution in [0.3, 0.4) is 0 Å². The van der Waals surface area contributed by atoms with Crippen LogP contribution < -0.4 is 10.2 Å². The Balaban J connectivity index is 1.21. The summed E-state index contributed by atoms with van der Waals surface area (Å²) in [5.74, 6) is 3.93. The molecule has 4 fully saturated rings. The SMILES string of the molecule is O=C(CCN1C(=O)CSc2ccccc21)NC1C2CC3CC(C2)CC1C3. The zero-order valence-corrected chi connectivity index (χ0v) is 15.8. The summed E-state index contributed by atoms with van der Waals surface area (Å²) in [5.41, 5.74) is 0.955. The Morgan fingerprint density at radius 1 is 1.08 bits per heavy atom. The molecule has 1 aliphatic heterocycles. The lowest BCUT2D eigenvalue weighted by Crippen LogP contribution is -2.56. The summed E-state index contributed by atoms with van der Waals surface area (Å²) < 4.78 is 0. The summed E-state index contributed by atoms with van der Waals surface area (Å²) in [7, 11) is 0. The molecule has 4 bridgehead atoms. The van der Waals surface area contributed by atoms with Crippen molar-refractivity contribution in [2.45, 2.75) is 49.5 Å². The average molecular weight is 371 g/mol. The second-order valence-corrected chi connectivity index (χ2v) is 9.59. The van der Waals surface area contributed by atoms with Gasteiger partial charge in [0.25, 0.3) is 0 Å². The quantitative estimate of drug-likeness (QED) is 0.883. The van der Waals surface area contributed by atoms with Gasteiger partial charge in [0.15, 0.2) is 0 Å². The van der Waals surface area contributed by atoms with Gasteiger partial charge in [-0.05, 0) is 67.9 Å². The molecule has 0 unspecified atom stereocenters. The van der Waals surface area contributed by atoms with Crippen LogP contribution in [-0.4, -0.2) is 30.2 Å². The molecule has 0 saturated heterocycles. The van der Waals surface area contributed by atoms with Gasteiger partial charge in [0.05, 0.1) is 11.4 Å². The second-order valence-electron chi connectivity index (χ2n) is 8.58. The highest BCUT2D eigenvalue weighted by atomic mass is 32.2. The van der Waals surface area contributed by atoms with Crippen LogP contribution in [0.1, 0.15) is 38.5 Å². The number of nitrogens with one attached hydrogen (secondary N) is 1. The van der Waals surface area contributed by atoms with Gasteiger partial charge in [0.1, 0.15) is 0 Å². The molecule has 4 aliphatic carbocycles. The lowest BCUT2D eigenvalue weighted by molar-refractivity contribution is -0.125. The molecule has 6 rings (SSSR count). The van der Waals surface area contributed by atoms with E-state index in [9.17, 15) is 9.59 Å². The standard InChI is InChI=1S/C21H26N2O2S/c24-19(22-21-15-8-13-7-14(10-15)11-16(21)9-13)5-6-23-17-3-1-2-4-18(17)26-12-20(23)25/h1-4,13-16,21H,5-12H2,(H,22,24). The minimum Gasteiger partial charge on any atom is -0.353 e. The van der Waals surface area contributed by atoms with Gasteiger partial charge in [-0.1, -0.05) is 12.1 Å². The van der Waals surface area contributed by atoms with Crippen molar-refractivity contribution >= 4 is 29.3 Å². The molecule has 0 radical (unpaired) electrons. The molecule has 0 spiro atoms. The van der Waals surface area contributed by atoms with E-state index in [-0.39, 0.29) is 11.8 Å². The predicted octanol–water partition coefficient (Wildman–Crippen LogP) is 3.46. The summed E-state index contributed by atoms with van der Waals surface area (Å²) in [4.78, 5) is 27.9. The summed E-state index contributed by atoms with van der Waals surface area (Å²) in [6.07, 6.45) is 7.08. The molecule has 1 aromatic rings. The van der Waals surface area contributed by atoms with Crippen LogP contribution in [0.2, 0.25) is 0 Å². The molecule has 2 amide bonds. The lowest BCUT2D eigenvalue weighted by atomic mass is 9.54. The number of nitrogens with zero attached hydrogens (tertiary/aromatic N) is 1.